The zero-order valence-electron chi connectivity index (χ0n) is 8.44. The Kier molecular flexibility index (Phi) is 3.77. The highest BCUT2D eigenvalue weighted by atomic mass is 15.1. The first kappa shape index (κ1) is 10.4. The molecule has 0 aliphatic heterocycles. The van der Waals surface area contributed by atoms with E-state index in [4.69, 9.17) is 5.53 Å². The minimum atomic E-state index is 0.406. The molecule has 0 fully saturated rings. The third kappa shape index (κ3) is 2.96. The van der Waals surface area contributed by atoms with Crippen LogP contribution in [-0.2, 0) is 0 Å². The van der Waals surface area contributed by atoms with Crippen molar-refractivity contribution < 1.29 is 0 Å². The van der Waals surface area contributed by atoms with Gasteiger partial charge in [0.25, 0.3) is 0 Å². The summed E-state index contributed by atoms with van der Waals surface area (Å²) < 4.78 is 0. The molecule has 0 aromatic heterocycles. The summed E-state index contributed by atoms with van der Waals surface area (Å²) in [6, 6.07) is 6.25. The first-order chi connectivity index (χ1) is 6.74. The summed E-state index contributed by atoms with van der Waals surface area (Å²) >= 11 is 0. The molecule has 0 radical (unpaired) electrons. The quantitative estimate of drug-likeness (QED) is 0.394. The van der Waals surface area contributed by atoms with Gasteiger partial charge < -0.3 is 0 Å². The van der Waals surface area contributed by atoms with Crippen LogP contribution in [0.5, 0.6) is 0 Å². The van der Waals surface area contributed by atoms with E-state index in [2.05, 4.69) is 42.1 Å². The highest BCUT2D eigenvalue weighted by molar-refractivity contribution is 5.51. The molecular weight excluding hydrogens is 174 g/mol. The molecule has 0 aliphatic carbocycles. The third-order valence-electron chi connectivity index (χ3n) is 2.09. The summed E-state index contributed by atoms with van der Waals surface area (Å²) in [4.78, 5) is 2.67. The van der Waals surface area contributed by atoms with Crippen LogP contribution < -0.4 is 0 Å². The Bertz CT molecular complexity index is 388. The van der Waals surface area contributed by atoms with E-state index in [0.717, 1.165) is 5.56 Å². The van der Waals surface area contributed by atoms with E-state index < -0.39 is 0 Å². The first-order valence-corrected chi connectivity index (χ1v) is 4.48. The fraction of sp³-hybridized carbons (Fsp3) is 0.273. The summed E-state index contributed by atoms with van der Waals surface area (Å²) in [6.45, 7) is 4.58. The highest BCUT2D eigenvalue weighted by Gasteiger charge is 1.91. The Balaban J connectivity index is 2.72. The smallest absolute Gasteiger partial charge is 0.0443 e. The predicted octanol–water partition coefficient (Wildman–Crippen LogP) is 3.63. The first-order valence-electron chi connectivity index (χ1n) is 4.48. The molecule has 14 heavy (non-hydrogen) atoms. The Morgan fingerprint density at radius 2 is 2.14 bits per heavy atom. The molecule has 0 atom stereocenters. The van der Waals surface area contributed by atoms with Crippen molar-refractivity contribution in [2.45, 2.75) is 13.8 Å². The average molecular weight is 187 g/mol. The van der Waals surface area contributed by atoms with Gasteiger partial charge in [0.2, 0.25) is 0 Å². The maximum atomic E-state index is 8.07. The van der Waals surface area contributed by atoms with Crippen molar-refractivity contribution in [2.75, 3.05) is 6.54 Å². The molecule has 1 rings (SSSR count). The molecule has 3 heteroatoms. The summed E-state index contributed by atoms with van der Waals surface area (Å²) in [5, 5.41) is 3.42. The second-order valence-electron chi connectivity index (χ2n) is 3.16. The summed E-state index contributed by atoms with van der Waals surface area (Å²) in [6.07, 6.45) is 3.81. The number of hydrogen-bond acceptors (Lipinski definition) is 1. The van der Waals surface area contributed by atoms with E-state index in [9.17, 15) is 0 Å². The molecule has 72 valence electrons. The molecule has 1 aromatic rings. The fourth-order valence-electron chi connectivity index (χ4n) is 1.14. The second kappa shape index (κ2) is 5.10. The summed E-state index contributed by atoms with van der Waals surface area (Å²) in [5.41, 5.74) is 11.8. The third-order valence-corrected chi connectivity index (χ3v) is 2.09. The van der Waals surface area contributed by atoms with Gasteiger partial charge in [0.15, 0.2) is 0 Å². The summed E-state index contributed by atoms with van der Waals surface area (Å²) in [5.74, 6) is 0. The molecule has 0 N–H and O–H groups in total. The molecule has 0 saturated carbocycles. The SMILES string of the molecule is Cc1ccc(C=CCN=[N+]=[N-])cc1C. The standard InChI is InChI=1S/C11H13N3/c1-9-5-6-11(8-10(9)2)4-3-7-13-14-12/h3-6,8H,7H2,1-2H3. The maximum Gasteiger partial charge on any atom is 0.0443 e. The van der Waals surface area contributed by atoms with Gasteiger partial charge in [-0.25, -0.2) is 0 Å². The van der Waals surface area contributed by atoms with Crippen molar-refractivity contribution >= 4 is 6.08 Å². The number of nitrogens with zero attached hydrogens (tertiary/aromatic N) is 3. The van der Waals surface area contributed by atoms with Crippen molar-refractivity contribution in [3.05, 3.63) is 51.4 Å². The van der Waals surface area contributed by atoms with Crippen LogP contribution >= 0.6 is 0 Å². The van der Waals surface area contributed by atoms with Crippen LogP contribution in [0.25, 0.3) is 16.5 Å². The van der Waals surface area contributed by atoms with Gasteiger partial charge in [0.05, 0.1) is 0 Å². The van der Waals surface area contributed by atoms with E-state index in [0.29, 0.717) is 6.54 Å². The number of aryl methyl sites for hydroxylation is 2. The molecule has 0 spiro atoms. The molecule has 0 bridgehead atoms. The molecule has 3 nitrogen and oxygen atoms in total. The zero-order valence-corrected chi connectivity index (χ0v) is 8.44. The molecule has 0 aliphatic rings. The lowest BCUT2D eigenvalue weighted by atomic mass is 10.1. The van der Waals surface area contributed by atoms with Gasteiger partial charge in [0.1, 0.15) is 0 Å². The fourth-order valence-corrected chi connectivity index (χ4v) is 1.14. The lowest BCUT2D eigenvalue weighted by Gasteiger charge is -2.00. The van der Waals surface area contributed by atoms with Gasteiger partial charge in [-0.3, -0.25) is 0 Å². The van der Waals surface area contributed by atoms with E-state index in [-0.39, 0.29) is 0 Å². The summed E-state index contributed by atoms with van der Waals surface area (Å²) in [7, 11) is 0. The van der Waals surface area contributed by atoms with Crippen LogP contribution in [0.1, 0.15) is 16.7 Å². The molecule has 0 saturated heterocycles. The Labute approximate surface area is 83.7 Å². The van der Waals surface area contributed by atoms with Gasteiger partial charge >= 0.3 is 0 Å². The number of rotatable bonds is 3. The van der Waals surface area contributed by atoms with Crippen LogP contribution in [0.2, 0.25) is 0 Å². The lowest BCUT2D eigenvalue weighted by molar-refractivity contribution is 1.22. The normalized spacial score (nSPS) is 10.1. The van der Waals surface area contributed by atoms with Crippen molar-refractivity contribution in [1.29, 1.82) is 0 Å². The zero-order chi connectivity index (χ0) is 10.4. The minimum absolute atomic E-state index is 0.406. The highest BCUT2D eigenvalue weighted by Crippen LogP contribution is 2.10. The Morgan fingerprint density at radius 1 is 1.36 bits per heavy atom. The number of azide groups is 1. The monoisotopic (exact) mass is 187 g/mol. The van der Waals surface area contributed by atoms with Gasteiger partial charge in [-0.1, -0.05) is 35.5 Å². The lowest BCUT2D eigenvalue weighted by Crippen LogP contribution is -1.81. The predicted molar refractivity (Wildman–Crippen MR) is 59.0 cm³/mol. The molecule has 0 amide bonds. The van der Waals surface area contributed by atoms with Crippen molar-refractivity contribution in [2.24, 2.45) is 5.11 Å². The van der Waals surface area contributed by atoms with Crippen LogP contribution in [0.3, 0.4) is 0 Å². The molecular formula is C11H13N3. The number of benzene rings is 1. The van der Waals surface area contributed by atoms with E-state index in [1.807, 2.05) is 12.2 Å². The topological polar surface area (TPSA) is 48.8 Å². The average Bonchev–Trinajstić information content (AvgIpc) is 2.18. The van der Waals surface area contributed by atoms with Gasteiger partial charge in [-0.05, 0) is 36.1 Å². The van der Waals surface area contributed by atoms with E-state index in [1.165, 1.54) is 11.1 Å². The van der Waals surface area contributed by atoms with Crippen LogP contribution in [0.4, 0.5) is 0 Å². The minimum Gasteiger partial charge on any atom is -0.0899 e. The van der Waals surface area contributed by atoms with Crippen LogP contribution in [0, 0.1) is 13.8 Å². The van der Waals surface area contributed by atoms with Crippen LogP contribution in [0.15, 0.2) is 29.4 Å². The van der Waals surface area contributed by atoms with Gasteiger partial charge in [0, 0.05) is 11.5 Å². The van der Waals surface area contributed by atoms with Gasteiger partial charge in [-0.2, -0.15) is 0 Å². The Hall–Kier alpha value is -1.73. The largest absolute Gasteiger partial charge is 0.0899 e. The number of hydrogen-bond donors (Lipinski definition) is 0. The molecule has 0 heterocycles. The second-order valence-corrected chi connectivity index (χ2v) is 3.16. The van der Waals surface area contributed by atoms with Gasteiger partial charge in [-0.15, -0.1) is 0 Å². The van der Waals surface area contributed by atoms with Crippen molar-refractivity contribution in [3.8, 4) is 0 Å². The Morgan fingerprint density at radius 3 is 2.79 bits per heavy atom. The maximum absolute atomic E-state index is 8.07. The molecule has 1 aromatic carbocycles. The van der Waals surface area contributed by atoms with E-state index >= 15 is 0 Å². The van der Waals surface area contributed by atoms with Crippen molar-refractivity contribution in [1.82, 2.24) is 0 Å². The van der Waals surface area contributed by atoms with Crippen LogP contribution in [-0.4, -0.2) is 6.54 Å². The van der Waals surface area contributed by atoms with E-state index in [1.54, 1.807) is 0 Å². The molecule has 0 unspecified atom stereocenters. The van der Waals surface area contributed by atoms with Crippen molar-refractivity contribution in [3.63, 3.8) is 0 Å².